The van der Waals surface area contributed by atoms with E-state index in [1.807, 2.05) is 13.8 Å². The molecule has 0 saturated heterocycles. The summed E-state index contributed by atoms with van der Waals surface area (Å²) in [5.74, 6) is 0. The fraction of sp³-hybridized carbons (Fsp3) is 1.00. The van der Waals surface area contributed by atoms with Gasteiger partial charge in [-0.3, -0.25) is 0 Å². The molecule has 2 nitrogen and oxygen atoms in total. The zero-order chi connectivity index (χ0) is 6.62. The average molecular weight is 147 g/mol. The molecule has 3 N–H and O–H groups in total. The van der Waals surface area contributed by atoms with E-state index in [4.69, 9.17) is 5.73 Å². The number of aliphatic hydroxyl groups is 1. The molecule has 0 aromatic heterocycles. The van der Waals surface area contributed by atoms with E-state index in [1.54, 1.807) is 0 Å². The van der Waals surface area contributed by atoms with Gasteiger partial charge in [-0.15, -0.1) is 0 Å². The Labute approximate surface area is 67.6 Å². The van der Waals surface area contributed by atoms with Crippen molar-refractivity contribution in [2.45, 2.75) is 32.3 Å². The summed E-state index contributed by atoms with van der Waals surface area (Å²) in [6, 6.07) is 0. The maximum atomic E-state index is 9.31. The van der Waals surface area contributed by atoms with Gasteiger partial charge in [-0.25, -0.2) is 0 Å². The molecule has 3 heteroatoms. The third kappa shape index (κ3) is 3.94. The van der Waals surface area contributed by atoms with Crippen LogP contribution in [0.2, 0.25) is 0 Å². The summed E-state index contributed by atoms with van der Waals surface area (Å²) < 4.78 is 0. The Morgan fingerprint density at radius 3 is 1.67 bits per heavy atom. The van der Waals surface area contributed by atoms with E-state index in [0.717, 1.165) is 12.8 Å². The molecular formula is C6H18AlNO. The fourth-order valence-corrected chi connectivity index (χ4v) is 0.539. The molecule has 0 aliphatic heterocycles. The molecule has 0 fully saturated rings. The van der Waals surface area contributed by atoms with Gasteiger partial charge in [0.1, 0.15) is 0 Å². The Balaban J connectivity index is 0. The number of hydrogen-bond acceptors (Lipinski definition) is 2. The number of hydrogen-bond donors (Lipinski definition) is 2. The van der Waals surface area contributed by atoms with Gasteiger partial charge >= 0.3 is 0 Å². The maximum Gasteiger partial charge on any atom is 0.187 e. The molecule has 0 amide bonds. The molecule has 0 unspecified atom stereocenters. The van der Waals surface area contributed by atoms with Crippen LogP contribution in [-0.2, 0) is 0 Å². The summed E-state index contributed by atoms with van der Waals surface area (Å²) in [7, 11) is 0. The number of rotatable bonds is 3. The van der Waals surface area contributed by atoms with E-state index < -0.39 is 5.60 Å². The molecule has 0 saturated carbocycles. The van der Waals surface area contributed by atoms with Crippen molar-refractivity contribution in [3.05, 3.63) is 0 Å². The van der Waals surface area contributed by atoms with Crippen molar-refractivity contribution in [2.75, 3.05) is 6.54 Å². The lowest BCUT2D eigenvalue weighted by atomic mass is 9.98. The van der Waals surface area contributed by atoms with Crippen molar-refractivity contribution >= 4 is 17.4 Å². The van der Waals surface area contributed by atoms with Crippen LogP contribution in [0.15, 0.2) is 0 Å². The highest BCUT2D eigenvalue weighted by Crippen LogP contribution is 2.10. The molecule has 0 aliphatic carbocycles. The van der Waals surface area contributed by atoms with Gasteiger partial charge in [-0.1, -0.05) is 13.8 Å². The van der Waals surface area contributed by atoms with Crippen LogP contribution in [0, 0.1) is 0 Å². The van der Waals surface area contributed by atoms with Crippen molar-refractivity contribution in [3.63, 3.8) is 0 Å². The van der Waals surface area contributed by atoms with Crippen molar-refractivity contribution in [1.29, 1.82) is 0 Å². The minimum Gasteiger partial charge on any atom is -0.389 e. The molecule has 9 heavy (non-hydrogen) atoms. The first-order valence-corrected chi connectivity index (χ1v) is 3.11. The second-order valence-corrected chi connectivity index (χ2v) is 2.14. The van der Waals surface area contributed by atoms with Crippen LogP contribution in [0.1, 0.15) is 26.7 Å². The highest BCUT2D eigenvalue weighted by molar-refractivity contribution is 5.75. The largest absolute Gasteiger partial charge is 0.389 e. The Morgan fingerprint density at radius 1 is 1.33 bits per heavy atom. The molecule has 0 rings (SSSR count). The Morgan fingerprint density at radius 2 is 1.67 bits per heavy atom. The van der Waals surface area contributed by atoms with E-state index in [9.17, 15) is 5.11 Å². The molecule has 0 spiro atoms. The minimum atomic E-state index is -0.597. The SMILES string of the molecule is CCC(O)(CC)CN.[AlH3]. The fourth-order valence-electron chi connectivity index (χ4n) is 0.539. The summed E-state index contributed by atoms with van der Waals surface area (Å²) >= 11 is 0. The second kappa shape index (κ2) is 5.25. The molecule has 0 heterocycles. The van der Waals surface area contributed by atoms with Crippen LogP contribution in [0.4, 0.5) is 0 Å². The van der Waals surface area contributed by atoms with Crippen molar-refractivity contribution in [3.8, 4) is 0 Å². The monoisotopic (exact) mass is 147 g/mol. The molecule has 0 aliphatic rings. The first kappa shape index (κ1) is 12.2. The van der Waals surface area contributed by atoms with E-state index in [2.05, 4.69) is 0 Å². The van der Waals surface area contributed by atoms with Gasteiger partial charge in [0.2, 0.25) is 0 Å². The quantitative estimate of drug-likeness (QED) is 0.519. The summed E-state index contributed by atoms with van der Waals surface area (Å²) in [5.41, 5.74) is 4.68. The van der Waals surface area contributed by atoms with Crippen LogP contribution in [-0.4, -0.2) is 34.6 Å². The second-order valence-electron chi connectivity index (χ2n) is 2.14. The predicted molar refractivity (Wildman–Crippen MR) is 44.5 cm³/mol. The number of nitrogens with two attached hydrogens (primary N) is 1. The molecular weight excluding hydrogens is 129 g/mol. The topological polar surface area (TPSA) is 46.2 Å². The van der Waals surface area contributed by atoms with Gasteiger partial charge in [0.15, 0.2) is 17.4 Å². The summed E-state index contributed by atoms with van der Waals surface area (Å²) in [6.45, 7) is 4.26. The predicted octanol–water partition coefficient (Wildman–Crippen LogP) is -0.688. The lowest BCUT2D eigenvalue weighted by Gasteiger charge is -2.21. The Hall–Kier alpha value is 0.452. The summed E-state index contributed by atoms with van der Waals surface area (Å²) in [5, 5.41) is 9.31. The molecule has 0 aromatic rings. The first-order chi connectivity index (χ1) is 3.68. The molecule has 56 valence electrons. The Bertz CT molecular complexity index is 55.8. The zero-order valence-electron chi connectivity index (χ0n) is 5.65. The molecule has 0 radical (unpaired) electrons. The molecule has 0 aromatic carbocycles. The lowest BCUT2D eigenvalue weighted by Crippen LogP contribution is -2.35. The zero-order valence-corrected chi connectivity index (χ0v) is 5.65. The van der Waals surface area contributed by atoms with Gasteiger partial charge in [0, 0.05) is 6.54 Å². The first-order valence-electron chi connectivity index (χ1n) is 3.11. The van der Waals surface area contributed by atoms with E-state index in [0.29, 0.717) is 6.54 Å². The van der Waals surface area contributed by atoms with Gasteiger partial charge in [-0.05, 0) is 12.8 Å². The summed E-state index contributed by atoms with van der Waals surface area (Å²) in [6.07, 6.45) is 1.50. The van der Waals surface area contributed by atoms with Gasteiger partial charge in [0.05, 0.1) is 5.60 Å². The van der Waals surface area contributed by atoms with Crippen LogP contribution >= 0.6 is 0 Å². The van der Waals surface area contributed by atoms with Gasteiger partial charge < -0.3 is 10.8 Å². The molecule has 0 bridgehead atoms. The average Bonchev–Trinajstić information content (AvgIpc) is 1.87. The van der Waals surface area contributed by atoms with Crippen LogP contribution in [0.25, 0.3) is 0 Å². The van der Waals surface area contributed by atoms with Crippen LogP contribution < -0.4 is 5.73 Å². The lowest BCUT2D eigenvalue weighted by molar-refractivity contribution is 0.0414. The minimum absolute atomic E-state index is 0. The van der Waals surface area contributed by atoms with E-state index in [1.165, 1.54) is 0 Å². The highest BCUT2D eigenvalue weighted by atomic mass is 27.0. The van der Waals surface area contributed by atoms with Crippen LogP contribution in [0.5, 0.6) is 0 Å². The third-order valence-electron chi connectivity index (χ3n) is 1.70. The molecule has 0 atom stereocenters. The third-order valence-corrected chi connectivity index (χ3v) is 1.70. The van der Waals surface area contributed by atoms with E-state index in [-0.39, 0.29) is 17.4 Å². The highest BCUT2D eigenvalue weighted by Gasteiger charge is 2.18. The summed E-state index contributed by atoms with van der Waals surface area (Å²) in [4.78, 5) is 0. The van der Waals surface area contributed by atoms with Crippen molar-refractivity contribution in [2.24, 2.45) is 5.73 Å². The van der Waals surface area contributed by atoms with Crippen molar-refractivity contribution in [1.82, 2.24) is 0 Å². The maximum absolute atomic E-state index is 9.31. The van der Waals surface area contributed by atoms with Gasteiger partial charge in [-0.2, -0.15) is 0 Å². The standard InChI is InChI=1S/C6H15NO.Al.3H/c1-3-6(8,4-2)5-7;;;;/h8H,3-5,7H2,1-2H3;;;;. The normalized spacial score (nSPS) is 10.7. The van der Waals surface area contributed by atoms with E-state index >= 15 is 0 Å². The van der Waals surface area contributed by atoms with Gasteiger partial charge in [0.25, 0.3) is 0 Å². The van der Waals surface area contributed by atoms with Crippen molar-refractivity contribution < 1.29 is 5.11 Å². The Kier molecular flexibility index (Phi) is 7.10. The smallest absolute Gasteiger partial charge is 0.187 e. The van der Waals surface area contributed by atoms with Crippen LogP contribution in [0.3, 0.4) is 0 Å².